The summed E-state index contributed by atoms with van der Waals surface area (Å²) in [7, 11) is 1.66. The van der Waals surface area contributed by atoms with Crippen molar-refractivity contribution >= 4 is 0 Å². The molecule has 0 atom stereocenters. The quantitative estimate of drug-likeness (QED) is 0.729. The van der Waals surface area contributed by atoms with Crippen LogP contribution >= 0.6 is 0 Å². The molecule has 0 aliphatic carbocycles. The van der Waals surface area contributed by atoms with Gasteiger partial charge in [0.15, 0.2) is 5.82 Å². The van der Waals surface area contributed by atoms with Crippen LogP contribution in [-0.2, 0) is 0 Å². The summed E-state index contributed by atoms with van der Waals surface area (Å²) < 4.78 is 7.26. The highest BCUT2D eigenvalue weighted by molar-refractivity contribution is 5.66. The number of para-hydroxylation sites is 2. The maximum Gasteiger partial charge on any atom is 0.167 e. The first-order valence-corrected chi connectivity index (χ1v) is 6.42. The van der Waals surface area contributed by atoms with Crippen molar-refractivity contribution in [1.82, 2.24) is 14.8 Å². The average molecular weight is 265 g/mol. The molecule has 0 spiro atoms. The van der Waals surface area contributed by atoms with Crippen LogP contribution in [0.3, 0.4) is 0 Å². The first-order valence-electron chi connectivity index (χ1n) is 6.42. The molecular weight excluding hydrogens is 250 g/mol. The Kier molecular flexibility index (Phi) is 3.21. The highest BCUT2D eigenvalue weighted by Crippen LogP contribution is 2.29. The van der Waals surface area contributed by atoms with Crippen LogP contribution in [0, 0.1) is 6.92 Å². The lowest BCUT2D eigenvalue weighted by Gasteiger charge is -2.09. The van der Waals surface area contributed by atoms with E-state index >= 15 is 0 Å². The lowest BCUT2D eigenvalue weighted by Crippen LogP contribution is -2.00. The minimum atomic E-state index is 0.731. The van der Waals surface area contributed by atoms with Crippen molar-refractivity contribution < 1.29 is 4.74 Å². The Labute approximate surface area is 117 Å². The molecule has 0 bridgehead atoms. The first kappa shape index (κ1) is 12.4. The Bertz CT molecular complexity index is 720. The number of benzene rings is 2. The van der Waals surface area contributed by atoms with Gasteiger partial charge in [0.25, 0.3) is 0 Å². The van der Waals surface area contributed by atoms with E-state index in [1.54, 1.807) is 7.11 Å². The van der Waals surface area contributed by atoms with Gasteiger partial charge in [-0.1, -0.05) is 30.3 Å². The van der Waals surface area contributed by atoms with E-state index in [1.165, 1.54) is 0 Å². The van der Waals surface area contributed by atoms with Crippen molar-refractivity contribution in [3.63, 3.8) is 0 Å². The number of ether oxygens (including phenoxy) is 1. The van der Waals surface area contributed by atoms with Gasteiger partial charge in [-0.2, -0.15) is 5.10 Å². The first-order chi connectivity index (χ1) is 9.79. The fourth-order valence-electron chi connectivity index (χ4n) is 2.17. The zero-order valence-electron chi connectivity index (χ0n) is 11.4. The molecule has 0 saturated heterocycles. The van der Waals surface area contributed by atoms with Crippen LogP contribution in [0.25, 0.3) is 17.1 Å². The zero-order valence-corrected chi connectivity index (χ0v) is 11.4. The third kappa shape index (κ3) is 2.16. The molecule has 0 amide bonds. The van der Waals surface area contributed by atoms with Crippen molar-refractivity contribution in [1.29, 1.82) is 0 Å². The summed E-state index contributed by atoms with van der Waals surface area (Å²) in [6, 6.07) is 17.8. The molecule has 4 nitrogen and oxygen atoms in total. The second kappa shape index (κ2) is 5.17. The molecule has 0 radical (unpaired) electrons. The summed E-state index contributed by atoms with van der Waals surface area (Å²) in [5.74, 6) is 2.30. The molecule has 20 heavy (non-hydrogen) atoms. The maximum atomic E-state index is 5.42. The molecule has 2 aromatic carbocycles. The normalized spacial score (nSPS) is 10.5. The number of aryl methyl sites for hydroxylation is 1. The monoisotopic (exact) mass is 265 g/mol. The molecule has 3 rings (SSSR count). The molecule has 100 valence electrons. The van der Waals surface area contributed by atoms with E-state index < -0.39 is 0 Å². The van der Waals surface area contributed by atoms with Crippen LogP contribution in [0.4, 0.5) is 0 Å². The van der Waals surface area contributed by atoms with E-state index in [2.05, 4.69) is 10.1 Å². The van der Waals surface area contributed by atoms with Gasteiger partial charge in [-0.15, -0.1) is 0 Å². The van der Waals surface area contributed by atoms with E-state index in [-0.39, 0.29) is 0 Å². The molecule has 0 aliphatic heterocycles. The minimum Gasteiger partial charge on any atom is -0.496 e. The molecule has 3 aromatic rings. The summed E-state index contributed by atoms with van der Waals surface area (Å²) in [5, 5.41) is 4.48. The summed E-state index contributed by atoms with van der Waals surface area (Å²) in [4.78, 5) is 4.54. The molecule has 0 fully saturated rings. The van der Waals surface area contributed by atoms with Gasteiger partial charge in [-0.3, -0.25) is 0 Å². The molecule has 0 unspecified atom stereocenters. The zero-order chi connectivity index (χ0) is 13.9. The molecular formula is C16H15N3O. The van der Waals surface area contributed by atoms with Crippen molar-refractivity contribution in [3.05, 3.63) is 60.4 Å². The van der Waals surface area contributed by atoms with Crippen LogP contribution in [-0.4, -0.2) is 21.9 Å². The van der Waals surface area contributed by atoms with Gasteiger partial charge in [0.2, 0.25) is 0 Å². The number of aromatic nitrogens is 3. The lowest BCUT2D eigenvalue weighted by molar-refractivity contribution is 0.416. The standard InChI is InChI=1S/C16H15N3O/c1-12-17-16(14-10-6-7-11-15(14)20-2)19(18-12)13-8-4-3-5-9-13/h3-11H,1-2H3. The minimum absolute atomic E-state index is 0.731. The Morgan fingerprint density at radius 3 is 2.40 bits per heavy atom. The number of hydrogen-bond donors (Lipinski definition) is 0. The summed E-state index contributed by atoms with van der Waals surface area (Å²) in [6.07, 6.45) is 0. The van der Waals surface area contributed by atoms with Gasteiger partial charge in [0.05, 0.1) is 18.4 Å². The van der Waals surface area contributed by atoms with E-state index in [9.17, 15) is 0 Å². The van der Waals surface area contributed by atoms with Gasteiger partial charge in [-0.25, -0.2) is 9.67 Å². The third-order valence-corrected chi connectivity index (χ3v) is 3.06. The Hall–Kier alpha value is -2.62. The molecule has 4 heteroatoms. The fourth-order valence-corrected chi connectivity index (χ4v) is 2.17. The van der Waals surface area contributed by atoms with Gasteiger partial charge < -0.3 is 4.74 Å². The van der Waals surface area contributed by atoms with Crippen LogP contribution in [0.15, 0.2) is 54.6 Å². The van der Waals surface area contributed by atoms with E-state index in [4.69, 9.17) is 4.74 Å². The van der Waals surface area contributed by atoms with E-state index in [0.29, 0.717) is 0 Å². The Morgan fingerprint density at radius 1 is 0.950 bits per heavy atom. The van der Waals surface area contributed by atoms with Crippen LogP contribution in [0.2, 0.25) is 0 Å². The second-order valence-electron chi connectivity index (χ2n) is 4.43. The number of rotatable bonds is 3. The predicted octanol–water partition coefficient (Wildman–Crippen LogP) is 3.25. The van der Waals surface area contributed by atoms with Gasteiger partial charge in [-0.05, 0) is 31.2 Å². The van der Waals surface area contributed by atoms with Crippen molar-refractivity contribution in [2.24, 2.45) is 0 Å². The predicted molar refractivity (Wildman–Crippen MR) is 78.1 cm³/mol. The van der Waals surface area contributed by atoms with E-state index in [1.807, 2.05) is 66.2 Å². The van der Waals surface area contributed by atoms with Crippen LogP contribution in [0.1, 0.15) is 5.82 Å². The Balaban J connectivity index is 2.20. The maximum absolute atomic E-state index is 5.42. The molecule has 0 saturated carbocycles. The summed E-state index contributed by atoms with van der Waals surface area (Å²) >= 11 is 0. The summed E-state index contributed by atoms with van der Waals surface area (Å²) in [6.45, 7) is 1.89. The van der Waals surface area contributed by atoms with E-state index in [0.717, 1.165) is 28.6 Å². The third-order valence-electron chi connectivity index (χ3n) is 3.06. The lowest BCUT2D eigenvalue weighted by atomic mass is 10.2. The highest BCUT2D eigenvalue weighted by atomic mass is 16.5. The number of nitrogens with zero attached hydrogens (tertiary/aromatic N) is 3. The molecule has 1 aromatic heterocycles. The van der Waals surface area contributed by atoms with Gasteiger partial charge in [0.1, 0.15) is 11.6 Å². The Morgan fingerprint density at radius 2 is 1.65 bits per heavy atom. The van der Waals surface area contributed by atoms with Gasteiger partial charge in [0, 0.05) is 0 Å². The topological polar surface area (TPSA) is 39.9 Å². The largest absolute Gasteiger partial charge is 0.496 e. The average Bonchev–Trinajstić information content (AvgIpc) is 2.90. The molecule has 0 aliphatic rings. The molecule has 0 N–H and O–H groups in total. The van der Waals surface area contributed by atoms with Crippen molar-refractivity contribution in [3.8, 4) is 22.8 Å². The smallest absolute Gasteiger partial charge is 0.167 e. The van der Waals surface area contributed by atoms with Crippen LogP contribution < -0.4 is 4.74 Å². The number of hydrogen-bond acceptors (Lipinski definition) is 3. The SMILES string of the molecule is COc1ccccc1-c1nc(C)nn1-c1ccccc1. The van der Waals surface area contributed by atoms with Gasteiger partial charge >= 0.3 is 0 Å². The number of methoxy groups -OCH3 is 1. The fraction of sp³-hybridized carbons (Fsp3) is 0.125. The second-order valence-corrected chi connectivity index (χ2v) is 4.43. The summed E-state index contributed by atoms with van der Waals surface area (Å²) in [5.41, 5.74) is 1.91. The highest BCUT2D eigenvalue weighted by Gasteiger charge is 2.14. The van der Waals surface area contributed by atoms with Crippen LogP contribution in [0.5, 0.6) is 5.75 Å². The molecule has 1 heterocycles. The van der Waals surface area contributed by atoms with Crippen molar-refractivity contribution in [2.45, 2.75) is 6.92 Å². The van der Waals surface area contributed by atoms with Crippen molar-refractivity contribution in [2.75, 3.05) is 7.11 Å².